The first-order chi connectivity index (χ1) is 13.8. The minimum atomic E-state index is 0. The lowest BCUT2D eigenvalue weighted by Crippen LogP contribution is -2.30. The molecular weight excluding hydrogens is 481 g/mol. The topological polar surface area (TPSA) is 71.0 Å². The minimum absolute atomic E-state index is 0. The van der Waals surface area contributed by atoms with Gasteiger partial charge in [-0.05, 0) is 36.6 Å². The number of halogens is 1. The number of aliphatic imine (C=N–C) groups is 1. The number of anilines is 2. The Morgan fingerprint density at radius 3 is 2.59 bits per heavy atom. The second-order valence-corrected chi connectivity index (χ2v) is 6.98. The van der Waals surface area contributed by atoms with Crippen LogP contribution in [0.5, 0.6) is 11.5 Å². The summed E-state index contributed by atoms with van der Waals surface area (Å²) in [4.78, 5) is 11.2. The van der Waals surface area contributed by atoms with Crippen LogP contribution in [-0.4, -0.2) is 44.3 Å². The third-order valence-corrected chi connectivity index (χ3v) is 4.93. The molecule has 1 aromatic heterocycles. The number of hydrogen-bond acceptors (Lipinski definition) is 5. The number of fused-ring (bicyclic) bond motifs is 1. The lowest BCUT2D eigenvalue weighted by atomic mass is 10.2. The molecule has 156 valence electrons. The van der Waals surface area contributed by atoms with Gasteiger partial charge in [0.25, 0.3) is 0 Å². The number of rotatable bonds is 4. The van der Waals surface area contributed by atoms with Crippen molar-refractivity contribution in [2.75, 3.05) is 43.6 Å². The van der Waals surface area contributed by atoms with Crippen molar-refractivity contribution in [1.82, 2.24) is 10.3 Å². The fourth-order valence-corrected chi connectivity index (χ4v) is 3.40. The number of nitrogens with one attached hydrogen (secondary N) is 2. The molecule has 4 rings (SSSR count). The maximum Gasteiger partial charge on any atom is 0.195 e. The van der Waals surface area contributed by atoms with Gasteiger partial charge in [0.05, 0.1) is 13.2 Å². The minimum Gasteiger partial charge on any atom is -0.490 e. The number of benzene rings is 1. The molecule has 7 nitrogen and oxygen atoms in total. The summed E-state index contributed by atoms with van der Waals surface area (Å²) in [6.45, 7) is 4.22. The maximum atomic E-state index is 5.75. The molecule has 3 heterocycles. The van der Waals surface area contributed by atoms with Crippen LogP contribution in [0, 0.1) is 0 Å². The van der Waals surface area contributed by atoms with Crippen molar-refractivity contribution in [3.63, 3.8) is 0 Å². The van der Waals surface area contributed by atoms with Crippen LogP contribution in [-0.2, 0) is 6.54 Å². The highest BCUT2D eigenvalue weighted by Gasteiger charge is 2.13. The van der Waals surface area contributed by atoms with Crippen molar-refractivity contribution in [2.24, 2.45) is 4.99 Å². The molecular formula is C21H28IN5O2. The molecule has 2 N–H and O–H groups in total. The average Bonchev–Trinajstić information content (AvgIpc) is 3.17. The van der Waals surface area contributed by atoms with E-state index in [0.29, 0.717) is 25.7 Å². The highest BCUT2D eigenvalue weighted by molar-refractivity contribution is 14.0. The predicted octanol–water partition coefficient (Wildman–Crippen LogP) is 3.65. The lowest BCUT2D eigenvalue weighted by molar-refractivity contribution is 0.297. The average molecular weight is 509 g/mol. The van der Waals surface area contributed by atoms with E-state index in [1.54, 1.807) is 7.05 Å². The van der Waals surface area contributed by atoms with Crippen molar-refractivity contribution in [1.29, 1.82) is 0 Å². The van der Waals surface area contributed by atoms with E-state index < -0.39 is 0 Å². The Kier molecular flexibility index (Phi) is 7.79. The van der Waals surface area contributed by atoms with Gasteiger partial charge in [-0.15, -0.1) is 24.0 Å². The predicted molar refractivity (Wildman–Crippen MR) is 127 cm³/mol. The molecule has 0 atom stereocenters. The maximum absolute atomic E-state index is 5.75. The molecule has 1 fully saturated rings. The van der Waals surface area contributed by atoms with E-state index in [-0.39, 0.29) is 24.0 Å². The normalized spacial score (nSPS) is 16.0. The first-order valence-corrected chi connectivity index (χ1v) is 9.89. The Bertz CT molecular complexity index is 822. The van der Waals surface area contributed by atoms with E-state index in [2.05, 4.69) is 37.6 Å². The first kappa shape index (κ1) is 21.5. The summed E-state index contributed by atoms with van der Waals surface area (Å²) in [6, 6.07) is 10.1. The van der Waals surface area contributed by atoms with Crippen LogP contribution in [0.4, 0.5) is 11.5 Å². The highest BCUT2D eigenvalue weighted by atomic mass is 127. The van der Waals surface area contributed by atoms with Gasteiger partial charge in [-0.2, -0.15) is 0 Å². The number of guanidine groups is 1. The molecule has 0 saturated carbocycles. The van der Waals surface area contributed by atoms with Crippen LogP contribution >= 0.6 is 24.0 Å². The number of nitrogens with zero attached hydrogens (tertiary/aromatic N) is 3. The summed E-state index contributed by atoms with van der Waals surface area (Å²) < 4.78 is 11.4. The standard InChI is InChI=1S/C21H27N5O2.HI/c1-22-21(25-17-6-7-18-19(13-17)28-12-4-11-27-18)24-15-16-5-8-20(23-14-16)26-9-2-3-10-26;/h5-8,13-14H,2-4,9-12,15H2,1H3,(H2,22,24,25);1H. The number of aromatic nitrogens is 1. The van der Waals surface area contributed by atoms with E-state index in [1.165, 1.54) is 12.8 Å². The smallest absolute Gasteiger partial charge is 0.195 e. The van der Waals surface area contributed by atoms with Crippen molar-refractivity contribution in [3.05, 3.63) is 42.1 Å². The summed E-state index contributed by atoms with van der Waals surface area (Å²) in [6.07, 6.45) is 5.34. The molecule has 0 amide bonds. The van der Waals surface area contributed by atoms with Crippen LogP contribution in [0.15, 0.2) is 41.5 Å². The molecule has 29 heavy (non-hydrogen) atoms. The van der Waals surface area contributed by atoms with Crippen molar-refractivity contribution in [2.45, 2.75) is 25.8 Å². The molecule has 2 aliphatic rings. The van der Waals surface area contributed by atoms with Gasteiger partial charge in [-0.3, -0.25) is 4.99 Å². The number of hydrogen-bond donors (Lipinski definition) is 2. The Morgan fingerprint density at radius 1 is 1.07 bits per heavy atom. The summed E-state index contributed by atoms with van der Waals surface area (Å²) in [5.74, 6) is 3.31. The van der Waals surface area contributed by atoms with Gasteiger partial charge in [-0.1, -0.05) is 6.07 Å². The van der Waals surface area contributed by atoms with Gasteiger partial charge in [0.15, 0.2) is 17.5 Å². The largest absolute Gasteiger partial charge is 0.490 e. The van der Waals surface area contributed by atoms with Gasteiger partial charge in [0.2, 0.25) is 0 Å². The molecule has 1 saturated heterocycles. The second-order valence-electron chi connectivity index (χ2n) is 6.98. The van der Waals surface area contributed by atoms with Crippen LogP contribution in [0.1, 0.15) is 24.8 Å². The molecule has 0 bridgehead atoms. The lowest BCUT2D eigenvalue weighted by Gasteiger charge is -2.17. The molecule has 1 aromatic carbocycles. The Labute approximate surface area is 188 Å². The Balaban J connectivity index is 0.00000240. The summed E-state index contributed by atoms with van der Waals surface area (Å²) in [7, 11) is 1.76. The van der Waals surface area contributed by atoms with Crippen LogP contribution in [0.2, 0.25) is 0 Å². The fraction of sp³-hybridized carbons (Fsp3) is 0.429. The quantitative estimate of drug-likeness (QED) is 0.373. The molecule has 8 heteroatoms. The molecule has 0 aliphatic carbocycles. The Morgan fingerprint density at radius 2 is 1.86 bits per heavy atom. The molecule has 0 spiro atoms. The molecule has 0 unspecified atom stereocenters. The highest BCUT2D eigenvalue weighted by Crippen LogP contribution is 2.32. The SMILES string of the molecule is CN=C(NCc1ccc(N2CCCC2)nc1)Nc1ccc2c(c1)OCCCO2.I. The van der Waals surface area contributed by atoms with Gasteiger partial charge >= 0.3 is 0 Å². The van der Waals surface area contributed by atoms with E-state index in [4.69, 9.17) is 9.47 Å². The zero-order chi connectivity index (χ0) is 19.2. The number of pyridine rings is 1. The third-order valence-electron chi connectivity index (χ3n) is 4.93. The Hall–Kier alpha value is -2.23. The van der Waals surface area contributed by atoms with Crippen LogP contribution < -0.4 is 25.0 Å². The van der Waals surface area contributed by atoms with Gasteiger partial charge in [0, 0.05) is 51.1 Å². The van der Waals surface area contributed by atoms with E-state index >= 15 is 0 Å². The monoisotopic (exact) mass is 509 g/mol. The van der Waals surface area contributed by atoms with Crippen molar-refractivity contribution in [3.8, 4) is 11.5 Å². The zero-order valence-electron chi connectivity index (χ0n) is 16.7. The van der Waals surface area contributed by atoms with Gasteiger partial charge in [0.1, 0.15) is 5.82 Å². The zero-order valence-corrected chi connectivity index (χ0v) is 19.0. The van der Waals surface area contributed by atoms with Crippen LogP contribution in [0.25, 0.3) is 0 Å². The van der Waals surface area contributed by atoms with E-state index in [1.807, 2.05) is 24.4 Å². The van der Waals surface area contributed by atoms with E-state index in [9.17, 15) is 0 Å². The molecule has 2 aromatic rings. The van der Waals surface area contributed by atoms with Crippen molar-refractivity contribution < 1.29 is 9.47 Å². The molecule has 2 aliphatic heterocycles. The first-order valence-electron chi connectivity index (χ1n) is 9.89. The second kappa shape index (κ2) is 10.5. The van der Waals surface area contributed by atoms with Crippen molar-refractivity contribution >= 4 is 41.4 Å². The van der Waals surface area contributed by atoms with E-state index in [0.717, 1.165) is 48.1 Å². The van der Waals surface area contributed by atoms with Crippen LogP contribution in [0.3, 0.4) is 0 Å². The summed E-state index contributed by atoms with van der Waals surface area (Å²) in [5.41, 5.74) is 2.02. The summed E-state index contributed by atoms with van der Waals surface area (Å²) >= 11 is 0. The molecule has 0 radical (unpaired) electrons. The summed E-state index contributed by atoms with van der Waals surface area (Å²) in [5, 5.41) is 6.63. The number of ether oxygens (including phenoxy) is 2. The van der Waals surface area contributed by atoms with Gasteiger partial charge < -0.3 is 25.0 Å². The fourth-order valence-electron chi connectivity index (χ4n) is 3.40. The van der Waals surface area contributed by atoms with Gasteiger partial charge in [-0.25, -0.2) is 4.98 Å². The third kappa shape index (κ3) is 5.65.